The normalized spacial score (nSPS) is 17.3. The minimum absolute atomic E-state index is 0.178. The first-order chi connectivity index (χ1) is 8.75. The summed E-state index contributed by atoms with van der Waals surface area (Å²) in [5.41, 5.74) is 0. The van der Waals surface area contributed by atoms with E-state index in [0.29, 0.717) is 5.92 Å². The second kappa shape index (κ2) is 4.48. The fraction of sp³-hybridized carbons (Fsp3) is 0.400. The van der Waals surface area contributed by atoms with Gasteiger partial charge in [0.25, 0.3) is 0 Å². The van der Waals surface area contributed by atoms with E-state index in [1.54, 1.807) is 6.92 Å². The molecular weight excluding hydrogens is 226 g/mol. The molecular formula is C15H17NO2. The lowest BCUT2D eigenvalue weighted by Gasteiger charge is -2.30. The van der Waals surface area contributed by atoms with Gasteiger partial charge >= 0.3 is 0 Å². The molecule has 1 fully saturated rings. The second-order valence-electron chi connectivity index (χ2n) is 4.97. The van der Waals surface area contributed by atoms with E-state index in [2.05, 4.69) is 12.1 Å². The smallest absolute Gasteiger partial charge is 0.219 e. The number of benzene rings is 1. The predicted molar refractivity (Wildman–Crippen MR) is 70.4 cm³/mol. The molecule has 1 aromatic carbocycles. The molecule has 1 saturated heterocycles. The van der Waals surface area contributed by atoms with Gasteiger partial charge in [-0.25, -0.2) is 0 Å². The lowest BCUT2D eigenvalue weighted by molar-refractivity contribution is -0.129. The summed E-state index contributed by atoms with van der Waals surface area (Å²) in [6.45, 7) is 3.33. The first-order valence-corrected chi connectivity index (χ1v) is 6.47. The molecule has 0 aliphatic carbocycles. The van der Waals surface area contributed by atoms with Crippen LogP contribution in [0.4, 0.5) is 0 Å². The monoisotopic (exact) mass is 243 g/mol. The van der Waals surface area contributed by atoms with Crippen LogP contribution in [0, 0.1) is 0 Å². The molecule has 3 nitrogen and oxygen atoms in total. The Bertz CT molecular complexity index is 565. The molecule has 0 N–H and O–H groups in total. The molecule has 2 aromatic rings. The van der Waals surface area contributed by atoms with Crippen molar-refractivity contribution >= 4 is 16.7 Å². The Balaban J connectivity index is 1.82. The van der Waals surface area contributed by atoms with Gasteiger partial charge < -0.3 is 9.32 Å². The van der Waals surface area contributed by atoms with Crippen molar-refractivity contribution in [2.45, 2.75) is 25.7 Å². The molecule has 0 bridgehead atoms. The third-order valence-corrected chi connectivity index (χ3v) is 3.85. The molecule has 0 saturated carbocycles. The van der Waals surface area contributed by atoms with Gasteiger partial charge in [0, 0.05) is 36.7 Å². The lowest BCUT2D eigenvalue weighted by atomic mass is 9.92. The molecule has 0 atom stereocenters. The first kappa shape index (κ1) is 11.3. The van der Waals surface area contributed by atoms with Gasteiger partial charge in [-0.3, -0.25) is 4.79 Å². The minimum atomic E-state index is 0.178. The highest BCUT2D eigenvalue weighted by Gasteiger charge is 2.25. The molecule has 18 heavy (non-hydrogen) atoms. The Morgan fingerprint density at radius 2 is 2.00 bits per heavy atom. The van der Waals surface area contributed by atoms with Crippen molar-refractivity contribution in [1.29, 1.82) is 0 Å². The van der Waals surface area contributed by atoms with E-state index in [1.807, 2.05) is 23.3 Å². The number of likely N-dealkylation sites (tertiary alicyclic amines) is 1. The van der Waals surface area contributed by atoms with Crippen LogP contribution in [0.2, 0.25) is 0 Å². The zero-order chi connectivity index (χ0) is 12.5. The number of furan rings is 1. The van der Waals surface area contributed by atoms with Gasteiger partial charge in [0.15, 0.2) is 0 Å². The Kier molecular flexibility index (Phi) is 2.82. The molecule has 94 valence electrons. The van der Waals surface area contributed by atoms with E-state index in [-0.39, 0.29) is 5.91 Å². The van der Waals surface area contributed by atoms with Gasteiger partial charge in [-0.15, -0.1) is 0 Å². The van der Waals surface area contributed by atoms with Gasteiger partial charge in [0.2, 0.25) is 5.91 Å². The number of piperidine rings is 1. The highest BCUT2D eigenvalue weighted by atomic mass is 16.3. The number of carbonyl (C=O) groups is 1. The molecule has 3 rings (SSSR count). The Labute approximate surface area is 106 Å². The Morgan fingerprint density at radius 1 is 1.28 bits per heavy atom. The summed E-state index contributed by atoms with van der Waals surface area (Å²) < 4.78 is 5.75. The number of fused-ring (bicyclic) bond motifs is 1. The average molecular weight is 243 g/mol. The van der Waals surface area contributed by atoms with Crippen molar-refractivity contribution in [1.82, 2.24) is 4.90 Å². The van der Waals surface area contributed by atoms with Crippen LogP contribution in [0.5, 0.6) is 0 Å². The van der Waals surface area contributed by atoms with Crippen molar-refractivity contribution in [3.05, 3.63) is 36.3 Å². The van der Waals surface area contributed by atoms with Crippen molar-refractivity contribution in [2.24, 2.45) is 0 Å². The van der Waals surface area contributed by atoms with Crippen LogP contribution in [0.25, 0.3) is 10.8 Å². The van der Waals surface area contributed by atoms with Crippen LogP contribution in [-0.2, 0) is 4.79 Å². The summed E-state index contributed by atoms with van der Waals surface area (Å²) in [4.78, 5) is 13.2. The summed E-state index contributed by atoms with van der Waals surface area (Å²) in [5, 5.41) is 2.39. The van der Waals surface area contributed by atoms with Crippen molar-refractivity contribution < 1.29 is 9.21 Å². The van der Waals surface area contributed by atoms with Crippen molar-refractivity contribution in [2.75, 3.05) is 13.1 Å². The zero-order valence-corrected chi connectivity index (χ0v) is 10.6. The number of hydrogen-bond acceptors (Lipinski definition) is 2. The second-order valence-corrected chi connectivity index (χ2v) is 4.97. The molecule has 1 aliphatic rings. The van der Waals surface area contributed by atoms with Crippen molar-refractivity contribution in [3.63, 3.8) is 0 Å². The van der Waals surface area contributed by atoms with E-state index >= 15 is 0 Å². The third kappa shape index (κ3) is 1.90. The predicted octanol–water partition coefficient (Wildman–Crippen LogP) is 3.16. The van der Waals surface area contributed by atoms with E-state index in [9.17, 15) is 4.79 Å². The summed E-state index contributed by atoms with van der Waals surface area (Å²) in [6, 6.07) is 8.27. The molecule has 0 unspecified atom stereocenters. The molecule has 1 aromatic heterocycles. The summed E-state index contributed by atoms with van der Waals surface area (Å²) in [5.74, 6) is 1.71. The van der Waals surface area contributed by atoms with Crippen LogP contribution in [0.3, 0.4) is 0 Å². The topological polar surface area (TPSA) is 33.5 Å². The Morgan fingerprint density at radius 3 is 2.72 bits per heavy atom. The van der Waals surface area contributed by atoms with Gasteiger partial charge in [0.1, 0.15) is 5.76 Å². The Hall–Kier alpha value is -1.77. The van der Waals surface area contributed by atoms with E-state index in [1.165, 1.54) is 10.8 Å². The third-order valence-electron chi connectivity index (χ3n) is 3.85. The number of rotatable bonds is 1. The van der Waals surface area contributed by atoms with Crippen LogP contribution >= 0.6 is 0 Å². The van der Waals surface area contributed by atoms with Crippen LogP contribution in [0.15, 0.2) is 34.9 Å². The largest absolute Gasteiger partial charge is 0.468 e. The van der Waals surface area contributed by atoms with E-state index in [0.717, 1.165) is 31.7 Å². The quantitative estimate of drug-likeness (QED) is 0.770. The molecule has 1 amide bonds. The highest BCUT2D eigenvalue weighted by molar-refractivity contribution is 5.84. The fourth-order valence-corrected chi connectivity index (χ4v) is 2.79. The van der Waals surface area contributed by atoms with E-state index in [4.69, 9.17) is 4.42 Å². The molecule has 2 heterocycles. The molecule has 3 heteroatoms. The number of nitrogens with zero attached hydrogens (tertiary/aromatic N) is 1. The highest BCUT2D eigenvalue weighted by Crippen LogP contribution is 2.34. The average Bonchev–Trinajstić information content (AvgIpc) is 2.82. The first-order valence-electron chi connectivity index (χ1n) is 6.47. The number of carbonyl (C=O) groups excluding carboxylic acids is 1. The van der Waals surface area contributed by atoms with Crippen LogP contribution in [0.1, 0.15) is 31.4 Å². The van der Waals surface area contributed by atoms with Gasteiger partial charge in [-0.2, -0.15) is 0 Å². The van der Waals surface area contributed by atoms with Gasteiger partial charge in [0.05, 0.1) is 6.26 Å². The fourth-order valence-electron chi connectivity index (χ4n) is 2.79. The summed E-state index contributed by atoms with van der Waals surface area (Å²) >= 11 is 0. The minimum Gasteiger partial charge on any atom is -0.468 e. The molecule has 0 radical (unpaired) electrons. The zero-order valence-electron chi connectivity index (χ0n) is 10.6. The van der Waals surface area contributed by atoms with Crippen LogP contribution < -0.4 is 0 Å². The van der Waals surface area contributed by atoms with Crippen LogP contribution in [-0.4, -0.2) is 23.9 Å². The number of amides is 1. The summed E-state index contributed by atoms with van der Waals surface area (Å²) in [6.07, 6.45) is 3.83. The number of hydrogen-bond donors (Lipinski definition) is 0. The molecule has 0 spiro atoms. The van der Waals surface area contributed by atoms with E-state index < -0.39 is 0 Å². The maximum atomic E-state index is 11.3. The summed E-state index contributed by atoms with van der Waals surface area (Å²) in [7, 11) is 0. The van der Waals surface area contributed by atoms with Crippen molar-refractivity contribution in [3.8, 4) is 0 Å². The lowest BCUT2D eigenvalue weighted by Crippen LogP contribution is -2.36. The SMILES string of the molecule is CC(=O)N1CCC(c2occ3ccccc23)CC1. The molecule has 1 aliphatic heterocycles. The standard InChI is InChI=1S/C15H17NO2/c1-11(17)16-8-6-12(7-9-16)15-14-5-3-2-4-13(14)10-18-15/h2-5,10,12H,6-9H2,1H3. The van der Waals surface area contributed by atoms with Gasteiger partial charge in [-0.1, -0.05) is 24.3 Å². The maximum absolute atomic E-state index is 11.3. The maximum Gasteiger partial charge on any atom is 0.219 e. The van der Waals surface area contributed by atoms with Gasteiger partial charge in [-0.05, 0) is 12.8 Å².